The molecule has 9 nitrogen and oxygen atoms in total. The number of hydrogen-bond acceptors (Lipinski definition) is 7. The summed E-state index contributed by atoms with van der Waals surface area (Å²) in [5, 5.41) is 43.6. The van der Waals surface area contributed by atoms with Crippen LogP contribution in [0.25, 0.3) is 0 Å². The van der Waals surface area contributed by atoms with Crippen LogP contribution < -0.4 is 10.6 Å². The van der Waals surface area contributed by atoms with Crippen LogP contribution in [0.4, 0.5) is 0 Å². The molecule has 1 unspecified atom stereocenters. The highest BCUT2D eigenvalue weighted by molar-refractivity contribution is 6.02. The van der Waals surface area contributed by atoms with Gasteiger partial charge in [0.2, 0.25) is 5.72 Å². The van der Waals surface area contributed by atoms with Gasteiger partial charge in [-0.25, -0.2) is 0 Å². The van der Waals surface area contributed by atoms with Crippen LogP contribution in [-0.2, 0) is 14.3 Å². The summed E-state index contributed by atoms with van der Waals surface area (Å²) in [5.41, 5.74) is -6.69. The van der Waals surface area contributed by atoms with E-state index in [1.165, 1.54) is 0 Å². The van der Waals surface area contributed by atoms with E-state index in [9.17, 15) is 24.9 Å². The van der Waals surface area contributed by atoms with Crippen molar-refractivity contribution in [3.8, 4) is 0 Å². The van der Waals surface area contributed by atoms with Gasteiger partial charge >= 0.3 is 0 Å². The number of aliphatic hydroxyl groups excluding tert-OH is 2. The fourth-order valence-corrected chi connectivity index (χ4v) is 2.29. The zero-order valence-electron chi connectivity index (χ0n) is 11.4. The second kappa shape index (κ2) is 4.75. The smallest absolute Gasteiger partial charge is 0.280 e. The molecule has 21 heavy (non-hydrogen) atoms. The van der Waals surface area contributed by atoms with Crippen LogP contribution in [0.2, 0.25) is 0 Å². The average Bonchev–Trinajstić information content (AvgIpc) is 2.42. The van der Waals surface area contributed by atoms with Crippen molar-refractivity contribution in [1.29, 1.82) is 0 Å². The highest BCUT2D eigenvalue weighted by Gasteiger charge is 2.63. The van der Waals surface area contributed by atoms with Crippen molar-refractivity contribution >= 4 is 11.8 Å². The van der Waals surface area contributed by atoms with Gasteiger partial charge in [0.05, 0.1) is 13.2 Å². The molecule has 9 heteroatoms. The minimum absolute atomic E-state index is 0.0325. The molecule has 0 spiro atoms. The van der Waals surface area contributed by atoms with Crippen LogP contribution in [0.1, 0.15) is 13.3 Å². The van der Waals surface area contributed by atoms with Crippen molar-refractivity contribution in [2.75, 3.05) is 13.2 Å². The first-order valence-electron chi connectivity index (χ1n) is 6.31. The van der Waals surface area contributed by atoms with Gasteiger partial charge in [0.1, 0.15) is 11.7 Å². The van der Waals surface area contributed by atoms with E-state index in [0.717, 1.165) is 6.92 Å². The van der Waals surface area contributed by atoms with E-state index in [1.807, 2.05) is 5.32 Å². The van der Waals surface area contributed by atoms with E-state index in [-0.39, 0.29) is 18.6 Å². The predicted molar refractivity (Wildman–Crippen MR) is 67.4 cm³/mol. The summed E-state index contributed by atoms with van der Waals surface area (Å²) in [6.45, 7) is 3.59. The molecular weight excluding hydrogens is 284 g/mol. The molecule has 3 aliphatic rings. The van der Waals surface area contributed by atoms with Gasteiger partial charge in [-0.15, -0.1) is 0 Å². The van der Waals surface area contributed by atoms with Crippen molar-refractivity contribution in [3.63, 3.8) is 0 Å². The molecule has 0 aliphatic carbocycles. The summed E-state index contributed by atoms with van der Waals surface area (Å²) < 4.78 is 5.27. The topological polar surface area (TPSA) is 148 Å². The third-order valence-electron chi connectivity index (χ3n) is 3.80. The first-order chi connectivity index (χ1) is 9.60. The number of nitrogens with one attached hydrogen (secondary N) is 2. The summed E-state index contributed by atoms with van der Waals surface area (Å²) in [7, 11) is 0. The maximum atomic E-state index is 12.2. The normalized spacial score (nSPS) is 37.1. The molecule has 0 aromatic carbocycles. The lowest BCUT2D eigenvalue weighted by molar-refractivity contribution is -0.230. The largest absolute Gasteiger partial charge is 0.393 e. The Balaban J connectivity index is 2.47. The summed E-state index contributed by atoms with van der Waals surface area (Å²) in [6.07, 6.45) is -1.91. The molecule has 0 aromatic heterocycles. The van der Waals surface area contributed by atoms with E-state index in [4.69, 9.17) is 9.84 Å². The molecule has 118 valence electrons. The van der Waals surface area contributed by atoms with Gasteiger partial charge in [0.25, 0.3) is 17.5 Å². The van der Waals surface area contributed by atoms with Gasteiger partial charge in [-0.2, -0.15) is 0 Å². The third kappa shape index (κ3) is 2.14. The Morgan fingerprint density at radius 1 is 1.43 bits per heavy atom. The number of carbonyl (C=O) groups excluding carboxylic acids is 2. The number of hydrogen-bond donors (Lipinski definition) is 6. The number of aliphatic hydroxyl groups is 4. The lowest BCUT2D eigenvalue weighted by atomic mass is 9.85. The Hall–Kier alpha value is -1.52. The monoisotopic (exact) mass is 302 g/mol. The van der Waals surface area contributed by atoms with Crippen LogP contribution in [0.15, 0.2) is 12.2 Å². The average molecular weight is 302 g/mol. The number of amides is 2. The molecule has 2 bridgehead atoms. The fourth-order valence-electron chi connectivity index (χ4n) is 2.29. The van der Waals surface area contributed by atoms with Crippen LogP contribution in [0, 0.1) is 0 Å². The lowest BCUT2D eigenvalue weighted by Crippen LogP contribution is -2.82. The molecule has 3 fully saturated rings. The van der Waals surface area contributed by atoms with E-state index in [2.05, 4.69) is 11.9 Å². The molecule has 3 rings (SSSR count). The highest BCUT2D eigenvalue weighted by Crippen LogP contribution is 2.32. The molecule has 6 N–H and O–H groups in total. The second-order valence-corrected chi connectivity index (χ2v) is 5.47. The van der Waals surface area contributed by atoms with Crippen LogP contribution >= 0.6 is 0 Å². The maximum absolute atomic E-state index is 12.2. The minimum atomic E-state index is -2.31. The summed E-state index contributed by atoms with van der Waals surface area (Å²) in [5.74, 6) is -2.09. The Labute approximate surface area is 120 Å². The van der Waals surface area contributed by atoms with Crippen molar-refractivity contribution in [1.82, 2.24) is 10.6 Å². The van der Waals surface area contributed by atoms with Gasteiger partial charge in [0.15, 0.2) is 0 Å². The molecule has 0 saturated carbocycles. The molecular formula is C12H18N2O7. The van der Waals surface area contributed by atoms with Crippen LogP contribution in [0.3, 0.4) is 0 Å². The zero-order chi connectivity index (χ0) is 16.1. The number of ether oxygens (including phenoxy) is 1. The van der Waals surface area contributed by atoms with Gasteiger partial charge < -0.3 is 35.8 Å². The Bertz CT molecular complexity index is 506. The van der Waals surface area contributed by atoms with Crippen LogP contribution in [-0.4, -0.2) is 68.6 Å². The molecule has 2 amide bonds. The van der Waals surface area contributed by atoms with Crippen LogP contribution in [0.5, 0.6) is 0 Å². The Morgan fingerprint density at radius 3 is 2.62 bits per heavy atom. The van der Waals surface area contributed by atoms with Crippen molar-refractivity contribution in [2.24, 2.45) is 0 Å². The highest BCUT2D eigenvalue weighted by atomic mass is 16.5. The Morgan fingerprint density at radius 2 is 2.05 bits per heavy atom. The summed E-state index contributed by atoms with van der Waals surface area (Å²) >= 11 is 0. The summed E-state index contributed by atoms with van der Waals surface area (Å²) in [4.78, 5) is 24.3. The van der Waals surface area contributed by atoms with E-state index in [0.29, 0.717) is 0 Å². The number of fused-ring (bicyclic) bond motifs is 5. The van der Waals surface area contributed by atoms with Gasteiger partial charge in [0, 0.05) is 0 Å². The zero-order valence-corrected chi connectivity index (χ0v) is 11.4. The second-order valence-electron chi connectivity index (χ2n) is 5.47. The molecule has 3 heterocycles. The van der Waals surface area contributed by atoms with Gasteiger partial charge in [-0.1, -0.05) is 6.58 Å². The first-order valence-corrected chi connectivity index (χ1v) is 6.31. The number of piperazine rings is 1. The van der Waals surface area contributed by atoms with Crippen molar-refractivity contribution in [2.45, 2.75) is 36.5 Å². The van der Waals surface area contributed by atoms with Gasteiger partial charge in [-0.05, 0) is 18.9 Å². The summed E-state index contributed by atoms with van der Waals surface area (Å²) in [6, 6.07) is 0. The molecule has 3 aliphatic heterocycles. The molecule has 3 saturated heterocycles. The third-order valence-corrected chi connectivity index (χ3v) is 3.80. The molecule has 0 radical (unpaired) electrons. The van der Waals surface area contributed by atoms with E-state index >= 15 is 0 Å². The van der Waals surface area contributed by atoms with Crippen molar-refractivity contribution in [3.05, 3.63) is 12.2 Å². The predicted octanol–water partition coefficient (Wildman–Crippen LogP) is -3.30. The fraction of sp³-hybridized carbons (Fsp3) is 0.667. The molecule has 4 atom stereocenters. The lowest BCUT2D eigenvalue weighted by Gasteiger charge is -2.49. The van der Waals surface area contributed by atoms with E-state index < -0.39 is 41.6 Å². The first kappa shape index (κ1) is 15.9. The van der Waals surface area contributed by atoms with E-state index in [1.54, 1.807) is 0 Å². The standard InChI is InChI=1S/C12H18N2O7/c1-6-3-4-21-12(7(16)10(2,19)5-15)9(18)13-11(6,20)8(17)14-12/h7,15-16,19-20H,1,3-5H2,2H3,(H,13,18)(H,14,17)/t7-,10+,11-,12?/m1/s1. The minimum Gasteiger partial charge on any atom is -0.393 e. The molecule has 0 aromatic rings. The maximum Gasteiger partial charge on any atom is 0.280 e. The quantitative estimate of drug-likeness (QED) is 0.299. The number of rotatable bonds is 3. The SMILES string of the molecule is C=C1CCOC2([C@H](O)[C@@](C)(O)CO)NC(=O)[C@@]1(O)NC2=O. The van der Waals surface area contributed by atoms with Crippen molar-refractivity contribution < 1.29 is 34.8 Å². The number of carbonyl (C=O) groups is 2. The Kier molecular flexibility index (Phi) is 3.59. The van der Waals surface area contributed by atoms with Gasteiger partial charge in [-0.3, -0.25) is 9.59 Å².